The van der Waals surface area contributed by atoms with Crippen LogP contribution in [-0.4, -0.2) is 41.7 Å². The van der Waals surface area contributed by atoms with Crippen molar-refractivity contribution in [3.8, 4) is 11.5 Å². The van der Waals surface area contributed by atoms with Gasteiger partial charge in [-0.15, -0.1) is 0 Å². The van der Waals surface area contributed by atoms with E-state index in [0.29, 0.717) is 56.3 Å². The molecule has 2 N–H and O–H groups in total. The molecule has 15 heteroatoms. The molecule has 0 fully saturated rings. The van der Waals surface area contributed by atoms with Crippen molar-refractivity contribution in [1.82, 2.24) is 19.6 Å². The molecular weight excluding hydrogens is 786 g/mol. The lowest BCUT2D eigenvalue weighted by atomic mass is 10.2. The topological polar surface area (TPSA) is 129 Å². The van der Waals surface area contributed by atoms with E-state index in [1.54, 1.807) is 77.8 Å². The first-order valence-electron chi connectivity index (χ1n) is 15.8. The van der Waals surface area contributed by atoms with Crippen LogP contribution in [0.3, 0.4) is 0 Å². The van der Waals surface area contributed by atoms with Crippen molar-refractivity contribution >= 4 is 69.9 Å². The standard InChI is InChI=1S/C19H15Cl3N2O3.C19H16Cl2N2O3/c1-11-6-17(19(25)26)23-24(11)9-13-7-14(20)4-5-18(13)27-10-12-2-3-15(21)8-16(12)22;1-12-8-17(19(24)25)22-23(12)10-14-9-16(21)6-7-18(14)26-11-13-2-4-15(20)5-3-13/h2-8H,9-10H2,1H3,(H,25,26);2-9H,10-11H2,1H3,(H,24,25). The number of hydrogen-bond donors (Lipinski definition) is 2. The predicted octanol–water partition coefficient (Wildman–Crippen LogP) is 10.3. The van der Waals surface area contributed by atoms with Crippen LogP contribution in [0.15, 0.2) is 91.0 Å². The summed E-state index contributed by atoms with van der Waals surface area (Å²) in [6, 6.07) is 26.3. The highest BCUT2D eigenvalue weighted by atomic mass is 35.5. The second-order valence-corrected chi connectivity index (χ2v) is 13.9. The van der Waals surface area contributed by atoms with E-state index in [0.717, 1.165) is 33.6 Å². The van der Waals surface area contributed by atoms with Gasteiger partial charge >= 0.3 is 11.9 Å². The van der Waals surface area contributed by atoms with E-state index in [4.69, 9.17) is 77.7 Å². The fourth-order valence-corrected chi connectivity index (χ4v) is 6.01. The number of aromatic nitrogens is 4. The van der Waals surface area contributed by atoms with Crippen molar-refractivity contribution in [2.75, 3.05) is 0 Å². The number of carbonyl (C=O) groups is 2. The van der Waals surface area contributed by atoms with E-state index in [2.05, 4.69) is 10.2 Å². The minimum absolute atomic E-state index is 0.00756. The Hall–Kier alpha value is -4.71. The Morgan fingerprint density at radius 3 is 1.45 bits per heavy atom. The van der Waals surface area contributed by atoms with Gasteiger partial charge in [0.25, 0.3) is 0 Å². The summed E-state index contributed by atoms with van der Waals surface area (Å²) in [4.78, 5) is 22.2. The van der Waals surface area contributed by atoms with Gasteiger partial charge in [-0.2, -0.15) is 10.2 Å². The summed E-state index contributed by atoms with van der Waals surface area (Å²) in [5, 5.41) is 29.3. The minimum atomic E-state index is -1.07. The van der Waals surface area contributed by atoms with Crippen LogP contribution in [0.5, 0.6) is 11.5 Å². The average Bonchev–Trinajstić information content (AvgIpc) is 3.67. The Morgan fingerprint density at radius 2 is 1.00 bits per heavy atom. The smallest absolute Gasteiger partial charge is 0.356 e. The lowest BCUT2D eigenvalue weighted by Gasteiger charge is -2.14. The Labute approximate surface area is 330 Å². The van der Waals surface area contributed by atoms with Crippen molar-refractivity contribution in [2.24, 2.45) is 0 Å². The van der Waals surface area contributed by atoms with Crippen molar-refractivity contribution in [2.45, 2.75) is 40.2 Å². The lowest BCUT2D eigenvalue weighted by Crippen LogP contribution is -2.08. The van der Waals surface area contributed by atoms with E-state index in [1.807, 2.05) is 24.3 Å². The third kappa shape index (κ3) is 10.9. The molecule has 0 bridgehead atoms. The van der Waals surface area contributed by atoms with Gasteiger partial charge < -0.3 is 19.7 Å². The molecule has 0 saturated carbocycles. The Bertz CT molecular complexity index is 2250. The SMILES string of the molecule is Cc1cc(C(=O)O)nn1Cc1cc(Cl)ccc1OCc1ccc(Cl)cc1.Cc1cc(C(=O)O)nn1Cc1cc(Cl)ccc1OCc1ccc(Cl)cc1Cl. The first-order chi connectivity index (χ1) is 25.2. The summed E-state index contributed by atoms with van der Waals surface area (Å²) in [6.07, 6.45) is 0. The number of halogens is 5. The zero-order valence-corrected chi connectivity index (χ0v) is 32.0. The zero-order valence-electron chi connectivity index (χ0n) is 28.2. The molecule has 0 aliphatic carbocycles. The van der Waals surface area contributed by atoms with Crippen LogP contribution in [0.1, 0.15) is 54.6 Å². The summed E-state index contributed by atoms with van der Waals surface area (Å²) in [5.74, 6) is -0.859. The highest BCUT2D eigenvalue weighted by Crippen LogP contribution is 2.28. The molecule has 0 spiro atoms. The van der Waals surface area contributed by atoms with Crippen LogP contribution in [0, 0.1) is 13.8 Å². The number of aromatic carboxylic acids is 2. The van der Waals surface area contributed by atoms with E-state index >= 15 is 0 Å². The van der Waals surface area contributed by atoms with Crippen LogP contribution in [-0.2, 0) is 26.3 Å². The Balaban J connectivity index is 0.000000204. The number of nitrogens with zero attached hydrogens (tertiary/aromatic N) is 4. The molecule has 0 atom stereocenters. The maximum absolute atomic E-state index is 11.1. The normalized spacial score (nSPS) is 10.8. The van der Waals surface area contributed by atoms with Crippen LogP contribution < -0.4 is 9.47 Å². The van der Waals surface area contributed by atoms with Crippen LogP contribution in [0.25, 0.3) is 0 Å². The highest BCUT2D eigenvalue weighted by molar-refractivity contribution is 6.35. The maximum atomic E-state index is 11.1. The fourth-order valence-electron chi connectivity index (χ4n) is 5.03. The monoisotopic (exact) mass is 814 g/mol. The molecule has 4 aromatic carbocycles. The second-order valence-electron chi connectivity index (χ2n) is 11.7. The van der Waals surface area contributed by atoms with Crippen molar-refractivity contribution in [3.63, 3.8) is 0 Å². The summed E-state index contributed by atoms with van der Waals surface area (Å²) in [5.41, 5.74) is 4.83. The Kier molecular flexibility index (Phi) is 13.3. The largest absolute Gasteiger partial charge is 0.489 e. The molecule has 10 nitrogen and oxygen atoms in total. The summed E-state index contributed by atoms with van der Waals surface area (Å²) >= 11 is 30.2. The van der Waals surface area contributed by atoms with Crippen molar-refractivity contribution < 1.29 is 29.3 Å². The molecule has 274 valence electrons. The van der Waals surface area contributed by atoms with Gasteiger partial charge in [-0.1, -0.05) is 76.2 Å². The fraction of sp³-hybridized carbons (Fsp3) is 0.158. The van der Waals surface area contributed by atoms with Crippen molar-refractivity contribution in [3.05, 3.63) is 161 Å². The first kappa shape index (κ1) is 39.5. The Morgan fingerprint density at radius 1 is 0.566 bits per heavy atom. The molecule has 0 radical (unpaired) electrons. The first-order valence-corrected chi connectivity index (χ1v) is 17.7. The van der Waals surface area contributed by atoms with Crippen LogP contribution >= 0.6 is 58.0 Å². The van der Waals surface area contributed by atoms with Gasteiger partial charge in [-0.3, -0.25) is 9.36 Å². The maximum Gasteiger partial charge on any atom is 0.356 e. The number of carboxylic acid groups (broad SMARTS) is 2. The molecule has 6 rings (SSSR count). The zero-order chi connectivity index (χ0) is 38.2. The van der Waals surface area contributed by atoms with E-state index in [-0.39, 0.29) is 18.0 Å². The number of benzene rings is 4. The van der Waals surface area contributed by atoms with Crippen LogP contribution in [0.4, 0.5) is 0 Å². The molecule has 0 aliphatic rings. The molecule has 2 heterocycles. The van der Waals surface area contributed by atoms with Gasteiger partial charge in [0.2, 0.25) is 0 Å². The molecule has 0 aliphatic heterocycles. The second kappa shape index (κ2) is 17.9. The molecular formula is C38H31Cl5N4O6. The van der Waals surface area contributed by atoms with Gasteiger partial charge in [0, 0.05) is 53.2 Å². The minimum Gasteiger partial charge on any atom is -0.489 e. The number of rotatable bonds is 12. The quantitative estimate of drug-likeness (QED) is 0.125. The number of hydrogen-bond acceptors (Lipinski definition) is 6. The molecule has 2 aromatic heterocycles. The molecule has 6 aromatic rings. The summed E-state index contributed by atoms with van der Waals surface area (Å²) in [7, 11) is 0. The van der Waals surface area contributed by atoms with E-state index in [9.17, 15) is 9.59 Å². The average molecular weight is 817 g/mol. The highest BCUT2D eigenvalue weighted by Gasteiger charge is 2.15. The van der Waals surface area contributed by atoms with Gasteiger partial charge in [0.05, 0.1) is 13.1 Å². The third-order valence-corrected chi connectivity index (χ3v) is 9.10. The predicted molar refractivity (Wildman–Crippen MR) is 206 cm³/mol. The molecule has 0 saturated heterocycles. The molecule has 53 heavy (non-hydrogen) atoms. The van der Waals surface area contributed by atoms with Crippen molar-refractivity contribution in [1.29, 1.82) is 0 Å². The van der Waals surface area contributed by atoms with Gasteiger partial charge in [-0.05, 0) is 92.2 Å². The van der Waals surface area contributed by atoms with Gasteiger partial charge in [0.15, 0.2) is 11.4 Å². The van der Waals surface area contributed by atoms with E-state index in [1.165, 1.54) is 12.1 Å². The van der Waals surface area contributed by atoms with Gasteiger partial charge in [-0.25, -0.2) is 9.59 Å². The third-order valence-electron chi connectivity index (χ3n) is 7.79. The summed E-state index contributed by atoms with van der Waals surface area (Å²) < 4.78 is 15.1. The number of carboxylic acids is 2. The molecule has 0 unspecified atom stereocenters. The number of aryl methyl sites for hydroxylation is 2. The van der Waals surface area contributed by atoms with Crippen LogP contribution in [0.2, 0.25) is 25.1 Å². The van der Waals surface area contributed by atoms with E-state index < -0.39 is 11.9 Å². The van der Waals surface area contributed by atoms with Gasteiger partial charge in [0.1, 0.15) is 24.7 Å². The number of ether oxygens (including phenoxy) is 2. The summed E-state index contributed by atoms with van der Waals surface area (Å²) in [6.45, 7) is 4.91. The lowest BCUT2D eigenvalue weighted by molar-refractivity contribution is 0.0679. The molecule has 0 amide bonds.